The average Bonchev–Trinajstić information content (AvgIpc) is 2.56. The zero-order valence-corrected chi connectivity index (χ0v) is 7.30. The number of aromatic amines is 1. The van der Waals surface area contributed by atoms with Crippen molar-refractivity contribution in [2.75, 3.05) is 12.5 Å². The van der Waals surface area contributed by atoms with Crippen LogP contribution in [0.2, 0.25) is 0 Å². The summed E-state index contributed by atoms with van der Waals surface area (Å²) in [6, 6.07) is 3.42. The molecule has 12 heavy (non-hydrogen) atoms. The lowest BCUT2D eigenvalue weighted by Gasteiger charge is -2.00. The van der Waals surface area contributed by atoms with Crippen molar-refractivity contribution in [1.29, 1.82) is 0 Å². The molecule has 0 aromatic carbocycles. The van der Waals surface area contributed by atoms with Crippen molar-refractivity contribution in [3.63, 3.8) is 0 Å². The average molecular weight is 188 g/mol. The van der Waals surface area contributed by atoms with Gasteiger partial charge in [0.25, 0.3) is 0 Å². The third-order valence-electron chi connectivity index (χ3n) is 1.33. The molecule has 0 saturated heterocycles. The molecule has 0 saturated carbocycles. The number of carbonyl (C=O) groups is 1. The van der Waals surface area contributed by atoms with Crippen LogP contribution < -0.4 is 0 Å². The Kier molecular flexibility index (Phi) is 3.67. The molecule has 0 aliphatic heterocycles. The van der Waals surface area contributed by atoms with Gasteiger partial charge in [-0.2, -0.15) is 0 Å². The summed E-state index contributed by atoms with van der Waals surface area (Å²) in [7, 11) is 0. The normalized spacial score (nSPS) is 9.75. The molecule has 1 heterocycles. The lowest BCUT2D eigenvalue weighted by molar-refractivity contribution is 0.0500. The first-order valence-electron chi connectivity index (χ1n) is 3.71. The van der Waals surface area contributed by atoms with E-state index in [9.17, 15) is 4.79 Å². The van der Waals surface area contributed by atoms with Crippen LogP contribution in [-0.4, -0.2) is 23.4 Å². The number of rotatable bonds is 4. The van der Waals surface area contributed by atoms with Gasteiger partial charge in [0.05, 0.1) is 6.61 Å². The van der Waals surface area contributed by atoms with E-state index in [-0.39, 0.29) is 5.97 Å². The lowest BCUT2D eigenvalue weighted by Crippen LogP contribution is -2.06. The summed E-state index contributed by atoms with van der Waals surface area (Å²) in [6.07, 6.45) is 2.37. The van der Waals surface area contributed by atoms with Crippen molar-refractivity contribution in [3.8, 4) is 0 Å². The Labute approximate surface area is 75.7 Å². The molecule has 4 heteroatoms. The van der Waals surface area contributed by atoms with Gasteiger partial charge in [0.2, 0.25) is 0 Å². The van der Waals surface area contributed by atoms with Crippen molar-refractivity contribution in [2.45, 2.75) is 6.42 Å². The predicted octanol–water partition coefficient (Wildman–Crippen LogP) is 1.80. The van der Waals surface area contributed by atoms with E-state index >= 15 is 0 Å². The van der Waals surface area contributed by atoms with Crippen LogP contribution in [0.15, 0.2) is 18.3 Å². The van der Waals surface area contributed by atoms with E-state index in [1.807, 2.05) is 0 Å². The molecule has 0 unspecified atom stereocenters. The van der Waals surface area contributed by atoms with E-state index < -0.39 is 0 Å². The van der Waals surface area contributed by atoms with Crippen molar-refractivity contribution in [1.82, 2.24) is 4.98 Å². The zero-order valence-electron chi connectivity index (χ0n) is 6.55. The first-order valence-corrected chi connectivity index (χ1v) is 4.24. The zero-order chi connectivity index (χ0) is 8.81. The number of esters is 1. The van der Waals surface area contributed by atoms with Crippen LogP contribution in [-0.2, 0) is 4.74 Å². The van der Waals surface area contributed by atoms with Gasteiger partial charge in [-0.1, -0.05) is 0 Å². The number of aromatic nitrogens is 1. The van der Waals surface area contributed by atoms with Gasteiger partial charge in [-0.15, -0.1) is 11.6 Å². The third-order valence-corrected chi connectivity index (χ3v) is 1.60. The summed E-state index contributed by atoms with van der Waals surface area (Å²) in [4.78, 5) is 13.8. The van der Waals surface area contributed by atoms with Crippen LogP contribution in [0.4, 0.5) is 0 Å². The summed E-state index contributed by atoms with van der Waals surface area (Å²) in [5.41, 5.74) is 0.476. The highest BCUT2D eigenvalue weighted by Crippen LogP contribution is 1.98. The van der Waals surface area contributed by atoms with Gasteiger partial charge in [0.15, 0.2) is 0 Å². The lowest BCUT2D eigenvalue weighted by atomic mass is 10.4. The molecule has 1 N–H and O–H groups in total. The van der Waals surface area contributed by atoms with Crippen LogP contribution >= 0.6 is 11.6 Å². The third kappa shape index (κ3) is 2.58. The van der Waals surface area contributed by atoms with Gasteiger partial charge in [0.1, 0.15) is 5.69 Å². The molecule has 0 aliphatic carbocycles. The van der Waals surface area contributed by atoms with E-state index in [0.717, 1.165) is 0 Å². The maximum Gasteiger partial charge on any atom is 0.354 e. The maximum atomic E-state index is 11.1. The molecule has 0 radical (unpaired) electrons. The van der Waals surface area contributed by atoms with E-state index in [1.165, 1.54) is 0 Å². The molecule has 0 aliphatic rings. The Morgan fingerprint density at radius 2 is 2.50 bits per heavy atom. The Hall–Kier alpha value is -0.960. The van der Waals surface area contributed by atoms with Gasteiger partial charge in [-0.05, 0) is 18.6 Å². The second-order valence-corrected chi connectivity index (χ2v) is 2.64. The minimum atomic E-state index is -0.329. The Balaban J connectivity index is 2.30. The molecule has 66 valence electrons. The molecule has 1 rings (SSSR count). The Morgan fingerprint density at radius 1 is 1.67 bits per heavy atom. The van der Waals surface area contributed by atoms with Gasteiger partial charge >= 0.3 is 5.97 Å². The summed E-state index contributed by atoms with van der Waals surface area (Å²) >= 11 is 5.41. The number of alkyl halides is 1. The van der Waals surface area contributed by atoms with Gasteiger partial charge < -0.3 is 9.72 Å². The number of H-pyrrole nitrogens is 1. The van der Waals surface area contributed by atoms with Crippen molar-refractivity contribution >= 4 is 17.6 Å². The molecule has 0 bridgehead atoms. The summed E-state index contributed by atoms with van der Waals surface area (Å²) in [5.74, 6) is 0.183. The molecule has 0 fully saturated rings. The van der Waals surface area contributed by atoms with Crippen LogP contribution in [0.1, 0.15) is 16.9 Å². The molecule has 1 aromatic rings. The second kappa shape index (κ2) is 4.83. The predicted molar refractivity (Wildman–Crippen MR) is 46.4 cm³/mol. The van der Waals surface area contributed by atoms with Crippen LogP contribution in [0, 0.1) is 0 Å². The molecule has 1 aromatic heterocycles. The van der Waals surface area contributed by atoms with E-state index in [2.05, 4.69) is 4.98 Å². The van der Waals surface area contributed by atoms with Crippen LogP contribution in [0.25, 0.3) is 0 Å². The fourth-order valence-electron chi connectivity index (χ4n) is 0.754. The van der Waals surface area contributed by atoms with Crippen molar-refractivity contribution in [2.24, 2.45) is 0 Å². The Bertz CT molecular complexity index is 233. The number of nitrogens with one attached hydrogen (secondary N) is 1. The molecular weight excluding hydrogens is 178 g/mol. The highest BCUT2D eigenvalue weighted by molar-refractivity contribution is 6.17. The van der Waals surface area contributed by atoms with Crippen molar-refractivity contribution in [3.05, 3.63) is 24.0 Å². The van der Waals surface area contributed by atoms with Crippen LogP contribution in [0.3, 0.4) is 0 Å². The maximum absolute atomic E-state index is 11.1. The van der Waals surface area contributed by atoms with E-state index in [4.69, 9.17) is 16.3 Å². The Morgan fingerprint density at radius 3 is 3.08 bits per heavy atom. The first kappa shape index (κ1) is 9.13. The molecular formula is C8H10ClNO2. The number of halogens is 1. The fourth-order valence-corrected chi connectivity index (χ4v) is 0.864. The molecule has 0 spiro atoms. The topological polar surface area (TPSA) is 42.1 Å². The standard InChI is InChI=1S/C8H10ClNO2/c9-4-2-6-12-8(11)7-3-1-5-10-7/h1,3,5,10H,2,4,6H2. The van der Waals surface area contributed by atoms with Gasteiger partial charge in [0, 0.05) is 12.1 Å². The van der Waals surface area contributed by atoms with Crippen molar-refractivity contribution < 1.29 is 9.53 Å². The number of ether oxygens (including phenoxy) is 1. The quantitative estimate of drug-likeness (QED) is 0.444. The number of carbonyl (C=O) groups excluding carboxylic acids is 1. The monoisotopic (exact) mass is 187 g/mol. The van der Waals surface area contributed by atoms with Crippen LogP contribution in [0.5, 0.6) is 0 Å². The molecule has 0 amide bonds. The fraction of sp³-hybridized carbons (Fsp3) is 0.375. The van der Waals surface area contributed by atoms with Gasteiger partial charge in [-0.3, -0.25) is 0 Å². The van der Waals surface area contributed by atoms with E-state index in [0.29, 0.717) is 24.6 Å². The minimum Gasteiger partial charge on any atom is -0.461 e. The molecule has 0 atom stereocenters. The first-order chi connectivity index (χ1) is 5.84. The summed E-state index contributed by atoms with van der Waals surface area (Å²) in [5, 5.41) is 0. The largest absolute Gasteiger partial charge is 0.461 e. The highest BCUT2D eigenvalue weighted by Gasteiger charge is 2.05. The summed E-state index contributed by atoms with van der Waals surface area (Å²) < 4.78 is 4.87. The second-order valence-electron chi connectivity index (χ2n) is 2.26. The molecule has 3 nitrogen and oxygen atoms in total. The minimum absolute atomic E-state index is 0.329. The SMILES string of the molecule is O=C(OCCCCl)c1ccc[nH]1. The van der Waals surface area contributed by atoms with E-state index in [1.54, 1.807) is 18.3 Å². The highest BCUT2D eigenvalue weighted by atomic mass is 35.5. The smallest absolute Gasteiger partial charge is 0.354 e. The number of hydrogen-bond donors (Lipinski definition) is 1. The number of hydrogen-bond acceptors (Lipinski definition) is 2. The van der Waals surface area contributed by atoms with Gasteiger partial charge in [-0.25, -0.2) is 4.79 Å². The summed E-state index contributed by atoms with van der Waals surface area (Å²) in [6.45, 7) is 0.376.